The second kappa shape index (κ2) is 9.61. The first kappa shape index (κ1) is 21.6. The quantitative estimate of drug-likeness (QED) is 0.518. The molecule has 162 valence electrons. The molecule has 0 aliphatic heterocycles. The molecule has 1 aromatic carbocycles. The third-order valence-corrected chi connectivity index (χ3v) is 4.50. The molecule has 0 radical (unpaired) electrons. The number of ether oxygens (including phenoxy) is 1. The number of H-pyrrole nitrogens is 1. The van der Waals surface area contributed by atoms with E-state index < -0.39 is 29.7 Å². The van der Waals surface area contributed by atoms with Gasteiger partial charge in [-0.1, -0.05) is 37.3 Å². The van der Waals surface area contributed by atoms with Gasteiger partial charge in [-0.2, -0.15) is 0 Å². The monoisotopic (exact) mass is 426 g/mol. The second-order valence-electron chi connectivity index (χ2n) is 6.70. The summed E-state index contributed by atoms with van der Waals surface area (Å²) in [6.45, 7) is 1.45. The van der Waals surface area contributed by atoms with Gasteiger partial charge in [-0.15, -0.1) is 0 Å². The Hall–Kier alpha value is -4.08. The number of benzene rings is 1. The molecule has 3 N–H and O–H groups in total. The van der Waals surface area contributed by atoms with Gasteiger partial charge in [0, 0.05) is 6.54 Å². The Labute approximate surface area is 176 Å². The number of aromatic nitrogens is 2. The number of anilines is 2. The summed E-state index contributed by atoms with van der Waals surface area (Å²) < 4.78 is 11.0. The number of amides is 1. The van der Waals surface area contributed by atoms with E-state index in [-0.39, 0.29) is 30.2 Å². The van der Waals surface area contributed by atoms with Crippen LogP contribution >= 0.6 is 0 Å². The largest absolute Gasteiger partial charge is 0.472 e. The fourth-order valence-electron chi connectivity index (χ4n) is 3.02. The number of carbonyl (C=O) groups is 2. The highest BCUT2D eigenvalue weighted by Crippen LogP contribution is 2.18. The number of furan rings is 1. The van der Waals surface area contributed by atoms with Crippen LogP contribution in [0.2, 0.25) is 0 Å². The van der Waals surface area contributed by atoms with Crippen molar-refractivity contribution in [3.63, 3.8) is 0 Å². The minimum Gasteiger partial charge on any atom is -0.472 e. The van der Waals surface area contributed by atoms with E-state index in [9.17, 15) is 19.2 Å². The molecule has 0 atom stereocenters. The fraction of sp³-hybridized carbons (Fsp3) is 0.238. The summed E-state index contributed by atoms with van der Waals surface area (Å²) in [6, 6.07) is 10.5. The normalized spacial score (nSPS) is 10.6. The van der Waals surface area contributed by atoms with Crippen LogP contribution in [-0.4, -0.2) is 34.6 Å². The topological polar surface area (TPSA) is 141 Å². The van der Waals surface area contributed by atoms with Crippen molar-refractivity contribution in [1.29, 1.82) is 0 Å². The summed E-state index contributed by atoms with van der Waals surface area (Å²) in [5, 5.41) is 0. The van der Waals surface area contributed by atoms with Gasteiger partial charge in [-0.05, 0) is 18.1 Å². The summed E-state index contributed by atoms with van der Waals surface area (Å²) in [5.41, 5.74) is 5.46. The molecule has 2 aromatic heterocycles. The third-order valence-electron chi connectivity index (χ3n) is 4.50. The van der Waals surface area contributed by atoms with Crippen molar-refractivity contribution in [2.24, 2.45) is 0 Å². The van der Waals surface area contributed by atoms with Crippen molar-refractivity contribution in [3.05, 3.63) is 80.9 Å². The number of aromatic amines is 1. The zero-order chi connectivity index (χ0) is 22.4. The Balaban J connectivity index is 1.90. The van der Waals surface area contributed by atoms with Gasteiger partial charge in [0.05, 0.1) is 18.4 Å². The number of rotatable bonds is 8. The maximum absolute atomic E-state index is 12.8. The molecule has 0 saturated heterocycles. The summed E-state index contributed by atoms with van der Waals surface area (Å²) >= 11 is 0. The molecule has 3 rings (SSSR count). The van der Waals surface area contributed by atoms with Crippen LogP contribution in [0.15, 0.2) is 62.9 Å². The number of nitrogens with one attached hydrogen (secondary N) is 1. The van der Waals surface area contributed by atoms with E-state index in [4.69, 9.17) is 14.9 Å². The number of hydrogen-bond acceptors (Lipinski definition) is 7. The highest BCUT2D eigenvalue weighted by molar-refractivity contribution is 5.98. The molecule has 2 heterocycles. The van der Waals surface area contributed by atoms with E-state index in [1.54, 1.807) is 12.1 Å². The minimum atomic E-state index is -0.797. The third kappa shape index (κ3) is 4.92. The Morgan fingerprint density at radius 3 is 2.58 bits per heavy atom. The molecule has 3 aromatic rings. The SMILES string of the molecule is CCCN(C(=O)COC(=O)c1ccoc1)c1c(N)n(Cc2ccccc2)c(=O)[nH]c1=O. The maximum atomic E-state index is 12.8. The van der Waals surface area contributed by atoms with Crippen molar-refractivity contribution < 1.29 is 18.7 Å². The number of nitrogens with zero attached hydrogens (tertiary/aromatic N) is 2. The first-order chi connectivity index (χ1) is 14.9. The molecule has 0 aliphatic rings. The van der Waals surface area contributed by atoms with E-state index in [0.717, 1.165) is 10.5 Å². The lowest BCUT2D eigenvalue weighted by atomic mass is 10.2. The summed E-state index contributed by atoms with van der Waals surface area (Å²) in [7, 11) is 0. The highest BCUT2D eigenvalue weighted by atomic mass is 16.5. The van der Waals surface area contributed by atoms with Gasteiger partial charge in [-0.3, -0.25) is 19.1 Å². The molecule has 0 aliphatic carbocycles. The smallest absolute Gasteiger partial charge is 0.341 e. The molecule has 1 amide bonds. The number of carbonyl (C=O) groups excluding carboxylic acids is 2. The number of esters is 1. The molecule has 0 bridgehead atoms. The van der Waals surface area contributed by atoms with Crippen LogP contribution < -0.4 is 21.9 Å². The van der Waals surface area contributed by atoms with Crippen LogP contribution in [0.25, 0.3) is 0 Å². The van der Waals surface area contributed by atoms with Crippen molar-refractivity contribution in [2.45, 2.75) is 19.9 Å². The molecule has 0 unspecified atom stereocenters. The number of nitrogens with two attached hydrogens (primary N) is 1. The van der Waals surface area contributed by atoms with Gasteiger partial charge >= 0.3 is 11.7 Å². The molecular formula is C21H22N4O6. The summed E-state index contributed by atoms with van der Waals surface area (Å²) in [4.78, 5) is 53.0. The lowest BCUT2D eigenvalue weighted by molar-refractivity contribution is -0.121. The average molecular weight is 426 g/mol. The molecule has 0 saturated carbocycles. The Kier molecular flexibility index (Phi) is 6.71. The Bertz CT molecular complexity index is 1160. The molecule has 31 heavy (non-hydrogen) atoms. The minimum absolute atomic E-state index is 0.110. The molecule has 0 fully saturated rings. The molecule has 10 nitrogen and oxygen atoms in total. The van der Waals surface area contributed by atoms with Gasteiger partial charge in [0.2, 0.25) is 0 Å². The van der Waals surface area contributed by atoms with E-state index in [1.165, 1.54) is 23.2 Å². The van der Waals surface area contributed by atoms with Crippen molar-refractivity contribution in [1.82, 2.24) is 9.55 Å². The van der Waals surface area contributed by atoms with Crippen LogP contribution in [-0.2, 0) is 16.1 Å². The Morgan fingerprint density at radius 2 is 1.94 bits per heavy atom. The van der Waals surface area contributed by atoms with Crippen LogP contribution in [0, 0.1) is 0 Å². The lowest BCUT2D eigenvalue weighted by Crippen LogP contribution is -2.43. The average Bonchev–Trinajstić information content (AvgIpc) is 3.30. The summed E-state index contributed by atoms with van der Waals surface area (Å²) in [5.74, 6) is -1.55. The van der Waals surface area contributed by atoms with E-state index in [0.29, 0.717) is 6.42 Å². The van der Waals surface area contributed by atoms with Crippen LogP contribution in [0.5, 0.6) is 0 Å². The van der Waals surface area contributed by atoms with Gasteiger partial charge in [0.1, 0.15) is 12.1 Å². The van der Waals surface area contributed by atoms with Crippen molar-refractivity contribution in [3.8, 4) is 0 Å². The molecule has 0 spiro atoms. The maximum Gasteiger partial charge on any atom is 0.341 e. The predicted octanol–water partition coefficient (Wildman–Crippen LogP) is 1.36. The van der Waals surface area contributed by atoms with Gasteiger partial charge in [-0.25, -0.2) is 9.59 Å². The second-order valence-corrected chi connectivity index (χ2v) is 6.70. The standard InChI is InChI=1S/C21H22N4O6/c1-2-9-24(16(26)13-31-20(28)15-8-10-30-12-15)17-18(22)25(21(29)23-19(17)27)11-14-6-4-3-5-7-14/h3-8,10,12H,2,9,11,13,22H2,1H3,(H,23,27,29). The van der Waals surface area contributed by atoms with Crippen molar-refractivity contribution >= 4 is 23.4 Å². The predicted molar refractivity (Wildman–Crippen MR) is 113 cm³/mol. The van der Waals surface area contributed by atoms with Gasteiger partial charge in [0.15, 0.2) is 12.3 Å². The number of hydrogen-bond donors (Lipinski definition) is 2. The zero-order valence-electron chi connectivity index (χ0n) is 16.9. The van der Waals surface area contributed by atoms with E-state index in [1.807, 2.05) is 25.1 Å². The van der Waals surface area contributed by atoms with Crippen LogP contribution in [0.4, 0.5) is 11.5 Å². The van der Waals surface area contributed by atoms with Crippen molar-refractivity contribution in [2.75, 3.05) is 23.8 Å². The highest BCUT2D eigenvalue weighted by Gasteiger charge is 2.25. The van der Waals surface area contributed by atoms with E-state index in [2.05, 4.69) is 4.98 Å². The Morgan fingerprint density at radius 1 is 1.19 bits per heavy atom. The zero-order valence-corrected chi connectivity index (χ0v) is 16.9. The molecular weight excluding hydrogens is 404 g/mol. The fourth-order valence-corrected chi connectivity index (χ4v) is 3.02. The summed E-state index contributed by atoms with van der Waals surface area (Å²) in [6.07, 6.45) is 2.99. The van der Waals surface area contributed by atoms with Crippen LogP contribution in [0.3, 0.4) is 0 Å². The number of nitrogen functional groups attached to an aromatic ring is 1. The first-order valence-corrected chi connectivity index (χ1v) is 9.58. The lowest BCUT2D eigenvalue weighted by Gasteiger charge is -2.24. The molecule has 10 heteroatoms. The first-order valence-electron chi connectivity index (χ1n) is 9.58. The van der Waals surface area contributed by atoms with Crippen LogP contribution in [0.1, 0.15) is 29.3 Å². The van der Waals surface area contributed by atoms with E-state index >= 15 is 0 Å². The van der Waals surface area contributed by atoms with Gasteiger partial charge in [0.25, 0.3) is 11.5 Å². The van der Waals surface area contributed by atoms with Gasteiger partial charge < -0.3 is 19.8 Å².